The van der Waals surface area contributed by atoms with E-state index in [0.29, 0.717) is 16.7 Å². The van der Waals surface area contributed by atoms with Gasteiger partial charge in [0.2, 0.25) is 0 Å². The monoisotopic (exact) mass is 358 g/mol. The van der Waals surface area contributed by atoms with Crippen LogP contribution in [0.1, 0.15) is 36.7 Å². The number of rotatable bonds is 1. The third-order valence-electron chi connectivity index (χ3n) is 4.70. The van der Waals surface area contributed by atoms with Gasteiger partial charge in [0.15, 0.2) is 6.17 Å². The molecule has 6 nitrogen and oxygen atoms in total. The topological polar surface area (TPSA) is 62.0 Å². The van der Waals surface area contributed by atoms with Crippen molar-refractivity contribution in [1.29, 1.82) is 0 Å². The van der Waals surface area contributed by atoms with E-state index in [1.165, 1.54) is 19.3 Å². The highest BCUT2D eigenvalue weighted by Crippen LogP contribution is 2.23. The van der Waals surface area contributed by atoms with Gasteiger partial charge in [0.05, 0.1) is 13.1 Å². The van der Waals surface area contributed by atoms with Crippen molar-refractivity contribution in [2.75, 3.05) is 18.4 Å². The standard InChI is InChI=1S/C18H20ClN5O/c1-12-11-15(25)24-16(13-5-7-14(19)8-6-13)21-17(22-18(24)20-12)23-9-3-2-4-10-23/h5-8,11,16H,2-4,9-10H2,1H3,(H,20,21,22,25)/p+1. The van der Waals surface area contributed by atoms with E-state index in [0.717, 1.165) is 24.6 Å². The molecule has 2 aliphatic heterocycles. The molecule has 0 bridgehead atoms. The normalized spacial score (nSPS) is 19.8. The average Bonchev–Trinajstić information content (AvgIpc) is 2.62. The van der Waals surface area contributed by atoms with Gasteiger partial charge < -0.3 is 0 Å². The molecule has 1 atom stereocenters. The van der Waals surface area contributed by atoms with E-state index in [-0.39, 0.29) is 11.7 Å². The van der Waals surface area contributed by atoms with Gasteiger partial charge in [0.1, 0.15) is 0 Å². The molecule has 7 heteroatoms. The van der Waals surface area contributed by atoms with E-state index < -0.39 is 0 Å². The Morgan fingerprint density at radius 3 is 2.64 bits per heavy atom. The number of nitrogens with zero attached hydrogens (tertiary/aromatic N) is 3. The zero-order chi connectivity index (χ0) is 17.4. The summed E-state index contributed by atoms with van der Waals surface area (Å²) in [6.07, 6.45) is 3.29. The number of benzene rings is 1. The molecule has 1 saturated heterocycles. The quantitative estimate of drug-likeness (QED) is 0.768. The SMILES string of the molecule is Cc1cc(=O)n2c(n1)NC(=[N+]1CCCCC1)NC2c1ccc(Cl)cc1. The number of hydrogen-bond donors (Lipinski definition) is 2. The number of hydrogen-bond acceptors (Lipinski definition) is 2. The van der Waals surface area contributed by atoms with Gasteiger partial charge >= 0.3 is 5.96 Å². The van der Waals surface area contributed by atoms with Gasteiger partial charge in [-0.15, -0.1) is 0 Å². The average molecular weight is 359 g/mol. The lowest BCUT2D eigenvalue weighted by molar-refractivity contribution is -0.539. The highest BCUT2D eigenvalue weighted by Gasteiger charge is 2.33. The minimum absolute atomic E-state index is 0.0832. The first-order valence-corrected chi connectivity index (χ1v) is 9.01. The third-order valence-corrected chi connectivity index (χ3v) is 4.95. The highest BCUT2D eigenvalue weighted by molar-refractivity contribution is 6.30. The van der Waals surface area contributed by atoms with Gasteiger partial charge in [-0.05, 0) is 38.3 Å². The maximum absolute atomic E-state index is 12.6. The van der Waals surface area contributed by atoms with E-state index >= 15 is 0 Å². The molecule has 1 unspecified atom stereocenters. The first-order valence-electron chi connectivity index (χ1n) is 8.63. The summed E-state index contributed by atoms with van der Waals surface area (Å²) in [5.41, 5.74) is 1.59. The molecule has 0 spiro atoms. The molecule has 2 aromatic rings. The molecule has 0 saturated carbocycles. The van der Waals surface area contributed by atoms with Crippen LogP contribution in [0.3, 0.4) is 0 Å². The summed E-state index contributed by atoms with van der Waals surface area (Å²) < 4.78 is 3.95. The van der Waals surface area contributed by atoms with E-state index in [9.17, 15) is 4.79 Å². The maximum atomic E-state index is 12.6. The molecular weight excluding hydrogens is 338 g/mol. The summed E-state index contributed by atoms with van der Waals surface area (Å²) in [4.78, 5) is 17.2. The van der Waals surface area contributed by atoms with E-state index in [4.69, 9.17) is 11.6 Å². The van der Waals surface area contributed by atoms with Crippen LogP contribution in [0, 0.1) is 6.92 Å². The number of nitrogens with one attached hydrogen (secondary N) is 2. The van der Waals surface area contributed by atoms with Gasteiger partial charge in [-0.3, -0.25) is 14.7 Å². The van der Waals surface area contributed by atoms with Crippen LogP contribution in [0.4, 0.5) is 5.95 Å². The Bertz CT molecular complexity index is 879. The van der Waals surface area contributed by atoms with Crippen LogP contribution in [0.5, 0.6) is 0 Å². The molecule has 1 aromatic heterocycles. The Balaban J connectivity index is 1.84. The second-order valence-corrected chi connectivity index (χ2v) is 6.99. The molecule has 3 heterocycles. The molecule has 0 radical (unpaired) electrons. The van der Waals surface area contributed by atoms with Crippen molar-refractivity contribution in [3.63, 3.8) is 0 Å². The number of aryl methyl sites for hydroxylation is 1. The first kappa shape index (κ1) is 16.1. The van der Waals surface area contributed by atoms with E-state index in [1.54, 1.807) is 10.6 Å². The van der Waals surface area contributed by atoms with E-state index in [1.807, 2.05) is 31.2 Å². The predicted molar refractivity (Wildman–Crippen MR) is 98.4 cm³/mol. The van der Waals surface area contributed by atoms with Gasteiger partial charge in [-0.2, -0.15) is 0 Å². The molecule has 2 aliphatic rings. The number of halogens is 1. The lowest BCUT2D eigenvalue weighted by Gasteiger charge is -2.28. The van der Waals surface area contributed by atoms with Gasteiger partial charge in [0.25, 0.3) is 11.5 Å². The summed E-state index contributed by atoms with van der Waals surface area (Å²) in [7, 11) is 0. The molecule has 25 heavy (non-hydrogen) atoms. The van der Waals surface area contributed by atoms with Crippen LogP contribution in [0.15, 0.2) is 35.1 Å². The van der Waals surface area contributed by atoms with Crippen LogP contribution in [0.2, 0.25) is 5.02 Å². The Hall–Kier alpha value is -2.34. The fourth-order valence-electron chi connectivity index (χ4n) is 3.44. The summed E-state index contributed by atoms with van der Waals surface area (Å²) in [6.45, 7) is 3.83. The molecule has 130 valence electrons. The Morgan fingerprint density at radius 1 is 1.20 bits per heavy atom. The Morgan fingerprint density at radius 2 is 1.92 bits per heavy atom. The molecule has 0 amide bonds. The summed E-state index contributed by atoms with van der Waals surface area (Å²) in [6, 6.07) is 9.12. The summed E-state index contributed by atoms with van der Waals surface area (Å²) in [5.74, 6) is 1.49. The predicted octanol–water partition coefficient (Wildman–Crippen LogP) is 2.32. The minimum atomic E-state index is -0.314. The second kappa shape index (κ2) is 6.52. The molecular formula is C18H21ClN5O+. The number of anilines is 1. The largest absolute Gasteiger partial charge is 0.355 e. The van der Waals surface area contributed by atoms with Crippen LogP contribution in [0.25, 0.3) is 0 Å². The molecule has 2 N–H and O–H groups in total. The van der Waals surface area contributed by atoms with Crippen molar-refractivity contribution in [3.8, 4) is 0 Å². The zero-order valence-corrected chi connectivity index (χ0v) is 14.9. The van der Waals surface area contributed by atoms with Gasteiger partial charge in [-0.25, -0.2) is 14.9 Å². The van der Waals surface area contributed by atoms with Crippen LogP contribution in [-0.4, -0.2) is 33.2 Å². The molecule has 0 aliphatic carbocycles. The number of fused-ring (bicyclic) bond motifs is 1. The Labute approximate surface area is 151 Å². The molecule has 4 rings (SSSR count). The van der Waals surface area contributed by atoms with Gasteiger partial charge in [0, 0.05) is 22.3 Å². The highest BCUT2D eigenvalue weighted by atomic mass is 35.5. The summed E-state index contributed by atoms with van der Waals surface area (Å²) >= 11 is 6.03. The van der Waals surface area contributed by atoms with Gasteiger partial charge in [-0.1, -0.05) is 23.7 Å². The van der Waals surface area contributed by atoms with Crippen LogP contribution in [-0.2, 0) is 0 Å². The van der Waals surface area contributed by atoms with Crippen LogP contribution >= 0.6 is 11.6 Å². The van der Waals surface area contributed by atoms with E-state index in [2.05, 4.69) is 20.2 Å². The minimum Gasteiger partial charge on any atom is -0.269 e. The lowest BCUT2D eigenvalue weighted by atomic mass is 10.1. The maximum Gasteiger partial charge on any atom is 0.355 e. The van der Waals surface area contributed by atoms with Crippen molar-refractivity contribution in [2.45, 2.75) is 32.4 Å². The number of aromatic nitrogens is 2. The molecule has 1 aromatic carbocycles. The molecule has 1 fully saturated rings. The lowest BCUT2D eigenvalue weighted by Crippen LogP contribution is -2.52. The van der Waals surface area contributed by atoms with Crippen molar-refractivity contribution in [3.05, 3.63) is 57.0 Å². The van der Waals surface area contributed by atoms with Crippen molar-refractivity contribution in [2.24, 2.45) is 0 Å². The smallest absolute Gasteiger partial charge is 0.269 e. The van der Waals surface area contributed by atoms with Crippen molar-refractivity contribution in [1.82, 2.24) is 14.9 Å². The fraction of sp³-hybridized carbons (Fsp3) is 0.389. The van der Waals surface area contributed by atoms with Crippen molar-refractivity contribution < 1.29 is 4.58 Å². The fourth-order valence-corrected chi connectivity index (χ4v) is 3.57. The summed E-state index contributed by atoms with van der Waals surface area (Å²) in [5, 5.41) is 7.48. The second-order valence-electron chi connectivity index (χ2n) is 6.55. The third kappa shape index (κ3) is 3.14. The number of guanidine groups is 1. The van der Waals surface area contributed by atoms with Crippen molar-refractivity contribution >= 4 is 23.5 Å². The Kier molecular flexibility index (Phi) is 4.21. The van der Waals surface area contributed by atoms with Crippen LogP contribution < -0.4 is 16.2 Å². The zero-order valence-electron chi connectivity index (χ0n) is 14.1. The number of piperidine rings is 1. The first-order chi connectivity index (χ1) is 12.1.